The van der Waals surface area contributed by atoms with Crippen LogP contribution < -0.4 is 0 Å². The number of rotatable bonds is 4. The van der Waals surface area contributed by atoms with Gasteiger partial charge in [-0.05, 0) is 6.42 Å². The fourth-order valence-electron chi connectivity index (χ4n) is 1.06. The maximum atomic E-state index is 10.5. The maximum absolute atomic E-state index is 10.5. The molecule has 0 fully saturated rings. The summed E-state index contributed by atoms with van der Waals surface area (Å²) >= 11 is 0. The highest BCUT2D eigenvalue weighted by atomic mass is 16.4. The van der Waals surface area contributed by atoms with Gasteiger partial charge in [-0.1, -0.05) is 13.3 Å². The second kappa shape index (κ2) is 4.02. The molecule has 0 aliphatic heterocycles. The van der Waals surface area contributed by atoms with Gasteiger partial charge in [0.2, 0.25) is 0 Å². The summed E-state index contributed by atoms with van der Waals surface area (Å²) in [6.45, 7) is 2.08. The molecule has 1 N–H and O–H groups in total. The van der Waals surface area contributed by atoms with E-state index in [1.54, 1.807) is 7.05 Å². The van der Waals surface area contributed by atoms with Crippen LogP contribution in [-0.4, -0.2) is 25.8 Å². The second-order valence-electron chi connectivity index (χ2n) is 2.88. The minimum Gasteiger partial charge on any atom is -0.475 e. The molecular weight excluding hydrogens is 170 g/mol. The van der Waals surface area contributed by atoms with Gasteiger partial charge in [-0.3, -0.25) is 4.68 Å². The summed E-state index contributed by atoms with van der Waals surface area (Å²) in [4.78, 5) is 14.4. The minimum absolute atomic E-state index is 0.117. The van der Waals surface area contributed by atoms with Gasteiger partial charge in [0, 0.05) is 13.5 Å². The Kier molecular flexibility index (Phi) is 3.00. The van der Waals surface area contributed by atoms with Crippen molar-refractivity contribution in [2.75, 3.05) is 0 Å². The first-order valence-electron chi connectivity index (χ1n) is 4.28. The monoisotopic (exact) mass is 183 g/mol. The zero-order chi connectivity index (χ0) is 9.84. The molecule has 1 heterocycles. The molecule has 0 saturated carbocycles. The molecule has 0 aliphatic rings. The van der Waals surface area contributed by atoms with Crippen LogP contribution in [0.2, 0.25) is 0 Å². The number of aromatic carboxylic acids is 1. The van der Waals surface area contributed by atoms with Crippen molar-refractivity contribution in [3.63, 3.8) is 0 Å². The van der Waals surface area contributed by atoms with Gasteiger partial charge in [0.05, 0.1) is 0 Å². The number of aryl methyl sites for hydroxylation is 2. The van der Waals surface area contributed by atoms with Crippen molar-refractivity contribution in [3.8, 4) is 0 Å². The molecule has 1 aromatic heterocycles. The Labute approximate surface area is 76.4 Å². The van der Waals surface area contributed by atoms with Crippen LogP contribution in [-0.2, 0) is 13.5 Å². The van der Waals surface area contributed by atoms with Gasteiger partial charge in [0.15, 0.2) is 0 Å². The van der Waals surface area contributed by atoms with E-state index < -0.39 is 5.97 Å². The van der Waals surface area contributed by atoms with E-state index in [0.29, 0.717) is 0 Å². The van der Waals surface area contributed by atoms with Gasteiger partial charge < -0.3 is 5.11 Å². The molecule has 0 bridgehead atoms. The summed E-state index contributed by atoms with van der Waals surface area (Å²) < 4.78 is 1.53. The van der Waals surface area contributed by atoms with Crippen molar-refractivity contribution in [2.24, 2.45) is 7.05 Å². The lowest BCUT2D eigenvalue weighted by Gasteiger charge is -1.95. The molecule has 13 heavy (non-hydrogen) atoms. The number of carboxylic acid groups (broad SMARTS) is 1. The van der Waals surface area contributed by atoms with E-state index >= 15 is 0 Å². The van der Waals surface area contributed by atoms with Gasteiger partial charge in [0.1, 0.15) is 5.82 Å². The number of nitrogens with zero attached hydrogens (tertiary/aromatic N) is 3. The van der Waals surface area contributed by atoms with Crippen LogP contribution in [0.1, 0.15) is 36.2 Å². The van der Waals surface area contributed by atoms with Crippen molar-refractivity contribution < 1.29 is 9.90 Å². The van der Waals surface area contributed by atoms with Crippen LogP contribution in [0.5, 0.6) is 0 Å². The van der Waals surface area contributed by atoms with Crippen LogP contribution in [0, 0.1) is 0 Å². The van der Waals surface area contributed by atoms with Gasteiger partial charge in [-0.2, -0.15) is 0 Å². The third-order valence-electron chi connectivity index (χ3n) is 1.80. The number of aromatic nitrogens is 3. The Morgan fingerprint density at radius 2 is 2.31 bits per heavy atom. The summed E-state index contributed by atoms with van der Waals surface area (Å²) in [5.41, 5.74) is 0. The summed E-state index contributed by atoms with van der Waals surface area (Å²) in [5.74, 6) is -0.453. The number of carbonyl (C=O) groups is 1. The van der Waals surface area contributed by atoms with E-state index in [1.165, 1.54) is 4.68 Å². The average molecular weight is 183 g/mol. The molecule has 0 radical (unpaired) electrons. The quantitative estimate of drug-likeness (QED) is 0.751. The third-order valence-corrected chi connectivity index (χ3v) is 1.80. The Bertz CT molecular complexity index is 306. The van der Waals surface area contributed by atoms with Gasteiger partial charge in [0.25, 0.3) is 5.82 Å². The Hall–Kier alpha value is -1.39. The van der Waals surface area contributed by atoms with Crippen LogP contribution in [0.15, 0.2) is 0 Å². The van der Waals surface area contributed by atoms with Crippen molar-refractivity contribution in [3.05, 3.63) is 11.6 Å². The Balaban J connectivity index is 2.77. The molecule has 5 nitrogen and oxygen atoms in total. The van der Waals surface area contributed by atoms with E-state index in [9.17, 15) is 4.79 Å². The molecule has 0 saturated heterocycles. The molecule has 0 amide bonds. The summed E-state index contributed by atoms with van der Waals surface area (Å²) in [6.07, 6.45) is 2.86. The second-order valence-corrected chi connectivity index (χ2v) is 2.88. The van der Waals surface area contributed by atoms with Crippen LogP contribution in [0.3, 0.4) is 0 Å². The van der Waals surface area contributed by atoms with Crippen molar-refractivity contribution in [1.29, 1.82) is 0 Å². The third kappa shape index (κ3) is 2.27. The Morgan fingerprint density at radius 1 is 1.62 bits per heavy atom. The van der Waals surface area contributed by atoms with Crippen LogP contribution in [0.4, 0.5) is 0 Å². The number of unbranched alkanes of at least 4 members (excludes halogenated alkanes) is 1. The van der Waals surface area contributed by atoms with Gasteiger partial charge in [-0.25, -0.2) is 9.78 Å². The van der Waals surface area contributed by atoms with E-state index in [0.717, 1.165) is 25.1 Å². The van der Waals surface area contributed by atoms with E-state index in [-0.39, 0.29) is 5.82 Å². The largest absolute Gasteiger partial charge is 0.475 e. The van der Waals surface area contributed by atoms with Gasteiger partial charge >= 0.3 is 5.97 Å². The van der Waals surface area contributed by atoms with Crippen LogP contribution in [0.25, 0.3) is 0 Å². The van der Waals surface area contributed by atoms with E-state index in [2.05, 4.69) is 17.0 Å². The first-order chi connectivity index (χ1) is 6.15. The first-order valence-corrected chi connectivity index (χ1v) is 4.28. The molecule has 0 unspecified atom stereocenters. The highest BCUT2D eigenvalue weighted by molar-refractivity contribution is 5.82. The highest BCUT2D eigenvalue weighted by Crippen LogP contribution is 2.02. The fraction of sp³-hybridized carbons (Fsp3) is 0.625. The lowest BCUT2D eigenvalue weighted by molar-refractivity contribution is 0.0683. The smallest absolute Gasteiger partial charge is 0.375 e. The standard InChI is InChI=1S/C8H13N3O2/c1-3-4-5-6-9-7(8(12)13)10-11(6)2/h3-5H2,1-2H3,(H,12,13). The number of carboxylic acids is 1. The zero-order valence-electron chi connectivity index (χ0n) is 7.82. The minimum atomic E-state index is -1.07. The SMILES string of the molecule is CCCCc1nc(C(=O)O)nn1C. The highest BCUT2D eigenvalue weighted by Gasteiger charge is 2.12. The fourth-order valence-corrected chi connectivity index (χ4v) is 1.06. The molecule has 5 heteroatoms. The summed E-state index contributed by atoms with van der Waals surface area (Å²) in [6, 6.07) is 0. The van der Waals surface area contributed by atoms with E-state index in [1.807, 2.05) is 0 Å². The van der Waals surface area contributed by atoms with Crippen molar-refractivity contribution in [2.45, 2.75) is 26.2 Å². The molecule has 1 rings (SSSR count). The van der Waals surface area contributed by atoms with Crippen LogP contribution >= 0.6 is 0 Å². The van der Waals surface area contributed by atoms with Crippen molar-refractivity contribution in [1.82, 2.24) is 14.8 Å². The summed E-state index contributed by atoms with van der Waals surface area (Å²) in [7, 11) is 1.71. The topological polar surface area (TPSA) is 68.0 Å². The number of hydrogen-bond acceptors (Lipinski definition) is 3. The molecule has 0 atom stereocenters. The number of hydrogen-bond donors (Lipinski definition) is 1. The molecule has 0 aliphatic carbocycles. The van der Waals surface area contributed by atoms with E-state index in [4.69, 9.17) is 5.11 Å². The molecule has 0 aromatic carbocycles. The zero-order valence-corrected chi connectivity index (χ0v) is 7.82. The summed E-state index contributed by atoms with van der Waals surface area (Å²) in [5, 5.41) is 12.4. The van der Waals surface area contributed by atoms with Gasteiger partial charge in [-0.15, -0.1) is 5.10 Å². The first kappa shape index (κ1) is 9.70. The molecule has 1 aromatic rings. The normalized spacial score (nSPS) is 10.3. The van der Waals surface area contributed by atoms with Crippen molar-refractivity contribution >= 4 is 5.97 Å². The lowest BCUT2D eigenvalue weighted by Crippen LogP contribution is -2.00. The Morgan fingerprint density at radius 3 is 2.77 bits per heavy atom. The average Bonchev–Trinajstić information content (AvgIpc) is 2.44. The predicted octanol–water partition coefficient (Wildman–Crippen LogP) is 0.856. The lowest BCUT2D eigenvalue weighted by atomic mass is 10.2. The molecule has 0 spiro atoms. The maximum Gasteiger partial charge on any atom is 0.375 e. The predicted molar refractivity (Wildman–Crippen MR) is 46.6 cm³/mol. The molecule has 72 valence electrons. The molecular formula is C8H13N3O2.